The molecular weight excluding hydrogens is 624 g/mol. The molecule has 1 N–H and O–H groups in total. The Morgan fingerprint density at radius 2 is 1.87 bits per heavy atom. The molecule has 1 aliphatic heterocycles. The zero-order valence-electron chi connectivity index (χ0n) is 29.0. The molecular formula is C35H49ClN4O7. The van der Waals surface area contributed by atoms with Crippen LogP contribution in [0.2, 0.25) is 5.15 Å². The lowest BCUT2D eigenvalue weighted by atomic mass is 9.85. The van der Waals surface area contributed by atoms with E-state index in [2.05, 4.69) is 21.9 Å². The second kappa shape index (κ2) is 13.9. The standard InChI is InChI=1S/C35H49ClN4O7/c1-11-12-13-14-21-18-35(21,9)47-32(43)39-27(33(3,4)5)30(41)40-19-25(20(2)26(40)31(42)46-34(6,7)8)45-29-28(36)37-23-16-15-22(44-10)17-24(23)38-29/h11,15-17,20-21,25-27H,1,12-14,18-19H2,2-10H3,(H,39,43)/t20-,21?,25+,26+,27-,35?/m1/s1. The molecule has 4 rings (SSSR count). The summed E-state index contributed by atoms with van der Waals surface area (Å²) in [7, 11) is 1.55. The molecule has 2 fully saturated rings. The van der Waals surface area contributed by atoms with Gasteiger partial charge in [-0.3, -0.25) is 4.79 Å². The van der Waals surface area contributed by atoms with E-state index in [0.29, 0.717) is 16.8 Å². The minimum absolute atomic E-state index is 0.0183. The molecule has 0 spiro atoms. The molecule has 1 aromatic carbocycles. The molecule has 2 aromatic rings. The number of carbonyl (C=O) groups is 3. The molecule has 2 amide bonds. The number of ether oxygens (including phenoxy) is 4. The van der Waals surface area contributed by atoms with Gasteiger partial charge in [-0.05, 0) is 70.9 Å². The first-order valence-electron chi connectivity index (χ1n) is 16.2. The van der Waals surface area contributed by atoms with Crippen LogP contribution in [0.15, 0.2) is 30.9 Å². The van der Waals surface area contributed by atoms with Gasteiger partial charge in [-0.15, -0.1) is 6.58 Å². The summed E-state index contributed by atoms with van der Waals surface area (Å²) in [5, 5.41) is 2.87. The van der Waals surface area contributed by atoms with Crippen molar-refractivity contribution in [2.45, 2.75) is 110 Å². The molecule has 2 aliphatic rings. The van der Waals surface area contributed by atoms with Gasteiger partial charge in [0.1, 0.15) is 35.1 Å². The van der Waals surface area contributed by atoms with Crippen LogP contribution in [0.1, 0.15) is 81.1 Å². The van der Waals surface area contributed by atoms with E-state index < -0.39 is 58.7 Å². The second-order valence-electron chi connectivity index (χ2n) is 14.9. The van der Waals surface area contributed by atoms with Gasteiger partial charge in [-0.1, -0.05) is 45.4 Å². The number of aromatic nitrogens is 2. The third-order valence-electron chi connectivity index (χ3n) is 8.81. The number of nitrogens with one attached hydrogen (secondary N) is 1. The Kier molecular flexibility index (Phi) is 10.7. The smallest absolute Gasteiger partial charge is 0.408 e. The van der Waals surface area contributed by atoms with Crippen LogP contribution < -0.4 is 14.8 Å². The zero-order valence-corrected chi connectivity index (χ0v) is 29.8. The van der Waals surface area contributed by atoms with Crippen molar-refractivity contribution >= 4 is 40.6 Å². The van der Waals surface area contributed by atoms with Crippen molar-refractivity contribution in [2.24, 2.45) is 17.3 Å². The van der Waals surface area contributed by atoms with Crippen LogP contribution in [0.5, 0.6) is 11.6 Å². The van der Waals surface area contributed by atoms with Gasteiger partial charge in [0.25, 0.3) is 5.88 Å². The van der Waals surface area contributed by atoms with Gasteiger partial charge in [0.05, 0.1) is 24.7 Å². The summed E-state index contributed by atoms with van der Waals surface area (Å²) in [6.45, 7) is 18.4. The maximum atomic E-state index is 14.4. The Morgan fingerprint density at radius 3 is 2.49 bits per heavy atom. The molecule has 1 aromatic heterocycles. The Labute approximate surface area is 282 Å². The van der Waals surface area contributed by atoms with E-state index in [4.69, 9.17) is 30.5 Å². The summed E-state index contributed by atoms with van der Waals surface area (Å²) < 4.78 is 23.2. The molecule has 6 atom stereocenters. The number of hydrogen-bond acceptors (Lipinski definition) is 9. The molecule has 12 heteroatoms. The van der Waals surface area contributed by atoms with Crippen molar-refractivity contribution < 1.29 is 33.3 Å². The highest BCUT2D eigenvalue weighted by Gasteiger charge is 2.55. The third-order valence-corrected chi connectivity index (χ3v) is 9.05. The molecule has 2 unspecified atom stereocenters. The second-order valence-corrected chi connectivity index (χ2v) is 15.3. The summed E-state index contributed by atoms with van der Waals surface area (Å²) in [5.74, 6) is -0.635. The number of carbonyl (C=O) groups excluding carboxylic acids is 3. The topological polar surface area (TPSA) is 129 Å². The van der Waals surface area contributed by atoms with Crippen molar-refractivity contribution in [1.29, 1.82) is 0 Å². The Hall–Kier alpha value is -3.60. The minimum Gasteiger partial charge on any atom is -0.497 e. The van der Waals surface area contributed by atoms with Crippen LogP contribution in [0.3, 0.4) is 0 Å². The van der Waals surface area contributed by atoms with Crippen molar-refractivity contribution in [3.8, 4) is 11.6 Å². The van der Waals surface area contributed by atoms with Gasteiger partial charge in [-0.25, -0.2) is 19.6 Å². The van der Waals surface area contributed by atoms with Crippen LogP contribution in [0, 0.1) is 17.3 Å². The van der Waals surface area contributed by atoms with Crippen LogP contribution in [-0.4, -0.2) is 75.9 Å². The number of nitrogens with zero attached hydrogens (tertiary/aromatic N) is 3. The largest absolute Gasteiger partial charge is 0.497 e. The van der Waals surface area contributed by atoms with E-state index in [-0.39, 0.29) is 23.5 Å². The average Bonchev–Trinajstić information content (AvgIpc) is 3.47. The third kappa shape index (κ3) is 8.66. The van der Waals surface area contributed by atoms with E-state index in [1.165, 1.54) is 4.90 Å². The van der Waals surface area contributed by atoms with Crippen LogP contribution in [0.4, 0.5) is 4.79 Å². The molecule has 1 saturated carbocycles. The maximum absolute atomic E-state index is 14.4. The Bertz CT molecular complexity index is 1500. The van der Waals surface area contributed by atoms with E-state index in [1.54, 1.807) is 46.1 Å². The van der Waals surface area contributed by atoms with Gasteiger partial charge >= 0.3 is 12.1 Å². The Morgan fingerprint density at radius 1 is 1.17 bits per heavy atom. The number of benzene rings is 1. The quantitative estimate of drug-likeness (QED) is 0.161. The monoisotopic (exact) mass is 672 g/mol. The number of esters is 1. The lowest BCUT2D eigenvalue weighted by Crippen LogP contribution is -2.58. The van der Waals surface area contributed by atoms with Gasteiger partial charge in [0.2, 0.25) is 5.91 Å². The maximum Gasteiger partial charge on any atom is 0.408 e. The van der Waals surface area contributed by atoms with E-state index in [9.17, 15) is 14.4 Å². The van der Waals surface area contributed by atoms with E-state index in [1.807, 2.05) is 40.7 Å². The zero-order chi connectivity index (χ0) is 34.9. The number of allylic oxidation sites excluding steroid dienone is 1. The SMILES string of the molecule is C=CCCCC1CC1(C)OC(=O)N[C@H](C(=O)N1C[C@H](Oc2nc3cc(OC)ccc3nc2Cl)[C@@H](C)[C@H]1C(=O)OC(C)(C)C)C(C)(C)C. The molecule has 1 aliphatic carbocycles. The van der Waals surface area contributed by atoms with Gasteiger partial charge in [0.15, 0.2) is 5.15 Å². The highest BCUT2D eigenvalue weighted by atomic mass is 35.5. The fourth-order valence-corrected chi connectivity index (χ4v) is 6.20. The molecule has 0 radical (unpaired) electrons. The minimum atomic E-state index is -1.01. The fraction of sp³-hybridized carbons (Fsp3) is 0.629. The number of methoxy groups -OCH3 is 1. The molecule has 0 bridgehead atoms. The molecule has 258 valence electrons. The lowest BCUT2D eigenvalue weighted by Gasteiger charge is -2.36. The number of fused-ring (bicyclic) bond motifs is 1. The van der Waals surface area contributed by atoms with Crippen LogP contribution >= 0.6 is 11.6 Å². The highest BCUT2D eigenvalue weighted by molar-refractivity contribution is 6.31. The number of alkyl carbamates (subject to hydrolysis) is 1. The fourth-order valence-electron chi connectivity index (χ4n) is 6.02. The highest BCUT2D eigenvalue weighted by Crippen LogP contribution is 2.49. The summed E-state index contributed by atoms with van der Waals surface area (Å²) in [5.41, 5.74) is -1.05. The predicted molar refractivity (Wildman–Crippen MR) is 179 cm³/mol. The average molecular weight is 673 g/mol. The summed E-state index contributed by atoms with van der Waals surface area (Å²) in [4.78, 5) is 51.7. The van der Waals surface area contributed by atoms with Crippen molar-refractivity contribution in [3.05, 3.63) is 36.0 Å². The van der Waals surface area contributed by atoms with Crippen LogP contribution in [-0.2, 0) is 19.1 Å². The molecule has 47 heavy (non-hydrogen) atoms. The van der Waals surface area contributed by atoms with E-state index >= 15 is 0 Å². The first-order chi connectivity index (χ1) is 21.9. The lowest BCUT2D eigenvalue weighted by molar-refractivity contribution is -0.165. The summed E-state index contributed by atoms with van der Waals surface area (Å²) >= 11 is 6.49. The first-order valence-corrected chi connectivity index (χ1v) is 16.6. The summed E-state index contributed by atoms with van der Waals surface area (Å²) in [6.07, 6.45) is 4.10. The number of likely N-dealkylation sites (tertiary alicyclic amines) is 1. The van der Waals surface area contributed by atoms with Gasteiger partial charge in [0, 0.05) is 17.9 Å². The van der Waals surface area contributed by atoms with Gasteiger partial charge < -0.3 is 29.2 Å². The number of amides is 2. The van der Waals surface area contributed by atoms with Crippen LogP contribution in [0.25, 0.3) is 11.0 Å². The number of rotatable bonds is 11. The van der Waals surface area contributed by atoms with Gasteiger partial charge in [-0.2, -0.15) is 0 Å². The van der Waals surface area contributed by atoms with Crippen molar-refractivity contribution in [3.63, 3.8) is 0 Å². The first kappa shape index (κ1) is 36.2. The number of hydrogen-bond donors (Lipinski definition) is 1. The van der Waals surface area contributed by atoms with Crippen molar-refractivity contribution in [1.82, 2.24) is 20.2 Å². The van der Waals surface area contributed by atoms with E-state index in [0.717, 1.165) is 25.7 Å². The Balaban J connectivity index is 1.58. The number of unbranched alkanes of at least 4 members (excludes halogenated alkanes) is 1. The predicted octanol–water partition coefficient (Wildman–Crippen LogP) is 6.50. The number of halogens is 1. The molecule has 11 nitrogen and oxygen atoms in total. The molecule has 2 heterocycles. The normalized spacial score (nSPS) is 24.8. The summed E-state index contributed by atoms with van der Waals surface area (Å²) in [6, 6.07) is 3.20. The molecule has 1 saturated heterocycles. The van der Waals surface area contributed by atoms with Crippen molar-refractivity contribution in [2.75, 3.05) is 13.7 Å².